The fourth-order valence-electron chi connectivity index (χ4n) is 2.20. The van der Waals surface area contributed by atoms with Crippen molar-refractivity contribution in [2.75, 3.05) is 5.32 Å². The van der Waals surface area contributed by atoms with Crippen LogP contribution in [0.15, 0.2) is 53.4 Å². The molecule has 1 aliphatic heterocycles. The molecule has 0 unspecified atom stereocenters. The first-order valence-corrected chi connectivity index (χ1v) is 8.23. The number of aromatic carboxylic acids is 1. The molecular weight excluding hydrogens is 356 g/mol. The summed E-state index contributed by atoms with van der Waals surface area (Å²) in [5.74, 6) is -1.83. The minimum absolute atomic E-state index is 0.132. The number of amides is 3. The molecule has 1 heterocycles. The second kappa shape index (κ2) is 7.24. The molecule has 7 nitrogen and oxygen atoms in total. The van der Waals surface area contributed by atoms with Crippen molar-refractivity contribution in [1.82, 2.24) is 5.32 Å². The molecule has 0 aliphatic carbocycles. The largest absolute Gasteiger partial charge is 0.478 e. The number of carbonyl (C=O) groups excluding carboxylic acids is 3. The monoisotopic (exact) mass is 368 g/mol. The summed E-state index contributed by atoms with van der Waals surface area (Å²) in [6, 6.07) is 12.3. The van der Waals surface area contributed by atoms with Crippen LogP contribution in [0.1, 0.15) is 26.3 Å². The lowest BCUT2D eigenvalue weighted by Crippen LogP contribution is -2.17. The first-order valence-electron chi connectivity index (χ1n) is 7.42. The van der Waals surface area contributed by atoms with Crippen molar-refractivity contribution in [3.8, 4) is 0 Å². The quantitative estimate of drug-likeness (QED) is 0.715. The molecule has 0 atom stereocenters. The number of hydrogen-bond donors (Lipinski definition) is 3. The maximum atomic E-state index is 12.2. The highest BCUT2D eigenvalue weighted by Crippen LogP contribution is 2.25. The third-order valence-corrected chi connectivity index (χ3v) is 4.31. The van der Waals surface area contributed by atoms with E-state index in [0.29, 0.717) is 21.7 Å². The van der Waals surface area contributed by atoms with Gasteiger partial charge in [0.1, 0.15) is 0 Å². The van der Waals surface area contributed by atoms with Crippen molar-refractivity contribution in [3.05, 3.63) is 70.1 Å². The highest BCUT2D eigenvalue weighted by molar-refractivity contribution is 8.18. The Labute approximate surface area is 152 Å². The summed E-state index contributed by atoms with van der Waals surface area (Å²) in [6.45, 7) is 0. The van der Waals surface area contributed by atoms with E-state index in [2.05, 4.69) is 10.6 Å². The van der Waals surface area contributed by atoms with Gasteiger partial charge in [-0.25, -0.2) is 4.79 Å². The number of thioether (sulfide) groups is 1. The molecule has 26 heavy (non-hydrogen) atoms. The van der Waals surface area contributed by atoms with Gasteiger partial charge in [0.05, 0.1) is 10.5 Å². The van der Waals surface area contributed by atoms with E-state index in [4.69, 9.17) is 5.11 Å². The van der Waals surface area contributed by atoms with Crippen LogP contribution in [0.25, 0.3) is 6.08 Å². The molecule has 3 rings (SSSR count). The van der Waals surface area contributed by atoms with E-state index in [9.17, 15) is 19.2 Å². The van der Waals surface area contributed by atoms with Crippen molar-refractivity contribution in [1.29, 1.82) is 0 Å². The predicted octanol–water partition coefficient (Wildman–Crippen LogP) is 2.96. The van der Waals surface area contributed by atoms with Crippen LogP contribution in [0.3, 0.4) is 0 Å². The average Bonchev–Trinajstić information content (AvgIpc) is 2.93. The van der Waals surface area contributed by atoms with Crippen LogP contribution in [0.4, 0.5) is 10.5 Å². The van der Waals surface area contributed by atoms with Gasteiger partial charge in [0.15, 0.2) is 0 Å². The third kappa shape index (κ3) is 3.98. The van der Waals surface area contributed by atoms with Crippen LogP contribution in [0, 0.1) is 0 Å². The first-order chi connectivity index (χ1) is 12.4. The number of carbonyl (C=O) groups is 4. The Morgan fingerprint density at radius 1 is 0.962 bits per heavy atom. The normalized spacial score (nSPS) is 15.0. The third-order valence-electron chi connectivity index (χ3n) is 3.50. The summed E-state index contributed by atoms with van der Waals surface area (Å²) >= 11 is 0.824. The van der Waals surface area contributed by atoms with Gasteiger partial charge in [0.2, 0.25) is 0 Å². The standard InChI is InChI=1S/C18H12N2O5S/c21-15(19-13-7-5-12(6-8-13)17(23)24)11-3-1-10(2-4-11)9-14-16(22)20-18(25)26-14/h1-9H,(H,19,21)(H,23,24)(H,20,22,25)/b14-9+. The maximum absolute atomic E-state index is 12.2. The van der Waals surface area contributed by atoms with Crippen molar-refractivity contribution in [3.63, 3.8) is 0 Å². The molecule has 0 bridgehead atoms. The molecule has 1 aliphatic rings. The zero-order valence-corrected chi connectivity index (χ0v) is 14.0. The van der Waals surface area contributed by atoms with Gasteiger partial charge in [0, 0.05) is 11.3 Å². The summed E-state index contributed by atoms with van der Waals surface area (Å²) < 4.78 is 0. The average molecular weight is 368 g/mol. The van der Waals surface area contributed by atoms with Gasteiger partial charge in [-0.2, -0.15) is 0 Å². The Kier molecular flexibility index (Phi) is 4.85. The Hall–Kier alpha value is -3.39. The second-order valence-electron chi connectivity index (χ2n) is 5.31. The van der Waals surface area contributed by atoms with Gasteiger partial charge in [-0.3, -0.25) is 19.7 Å². The zero-order valence-electron chi connectivity index (χ0n) is 13.2. The maximum Gasteiger partial charge on any atom is 0.335 e. The number of carboxylic acids is 1. The number of carboxylic acid groups (broad SMARTS) is 1. The Bertz CT molecular complexity index is 933. The molecule has 0 saturated carbocycles. The van der Waals surface area contributed by atoms with Crippen LogP contribution in [-0.4, -0.2) is 28.1 Å². The topological polar surface area (TPSA) is 113 Å². The second-order valence-corrected chi connectivity index (χ2v) is 6.33. The number of hydrogen-bond acceptors (Lipinski definition) is 5. The first kappa shape index (κ1) is 17.4. The molecular formula is C18H12N2O5S. The van der Waals surface area contributed by atoms with E-state index < -0.39 is 17.1 Å². The molecule has 0 radical (unpaired) electrons. The zero-order chi connectivity index (χ0) is 18.7. The number of rotatable bonds is 4. The number of benzene rings is 2. The van der Waals surface area contributed by atoms with E-state index in [1.807, 2.05) is 0 Å². The molecule has 8 heteroatoms. The molecule has 3 amide bonds. The molecule has 1 saturated heterocycles. The van der Waals surface area contributed by atoms with Crippen LogP contribution in [-0.2, 0) is 4.79 Å². The number of nitrogens with one attached hydrogen (secondary N) is 2. The summed E-state index contributed by atoms with van der Waals surface area (Å²) in [5, 5.41) is 13.3. The fraction of sp³-hybridized carbons (Fsp3) is 0. The molecule has 3 N–H and O–H groups in total. The predicted molar refractivity (Wildman–Crippen MR) is 96.9 cm³/mol. The summed E-state index contributed by atoms with van der Waals surface area (Å²) in [5.41, 5.74) is 1.69. The van der Waals surface area contributed by atoms with Gasteiger partial charge < -0.3 is 10.4 Å². The summed E-state index contributed by atoms with van der Waals surface area (Å²) in [6.07, 6.45) is 1.57. The van der Waals surface area contributed by atoms with Crippen LogP contribution in [0.5, 0.6) is 0 Å². The lowest BCUT2D eigenvalue weighted by atomic mass is 10.1. The Morgan fingerprint density at radius 3 is 2.12 bits per heavy atom. The molecule has 2 aromatic carbocycles. The van der Waals surface area contributed by atoms with Crippen molar-refractivity contribution >= 4 is 46.5 Å². The Balaban J connectivity index is 1.69. The van der Waals surface area contributed by atoms with Gasteiger partial charge in [0.25, 0.3) is 17.1 Å². The lowest BCUT2D eigenvalue weighted by molar-refractivity contribution is -0.115. The number of imide groups is 1. The van der Waals surface area contributed by atoms with Crippen molar-refractivity contribution < 1.29 is 24.3 Å². The van der Waals surface area contributed by atoms with Gasteiger partial charge in [-0.15, -0.1) is 0 Å². The van der Waals surface area contributed by atoms with Gasteiger partial charge in [-0.1, -0.05) is 12.1 Å². The molecule has 130 valence electrons. The highest BCUT2D eigenvalue weighted by Gasteiger charge is 2.24. The molecule has 0 spiro atoms. The Morgan fingerprint density at radius 2 is 1.58 bits per heavy atom. The number of anilines is 1. The summed E-state index contributed by atoms with van der Waals surface area (Å²) in [4.78, 5) is 46.0. The van der Waals surface area contributed by atoms with Crippen LogP contribution in [0.2, 0.25) is 0 Å². The van der Waals surface area contributed by atoms with Gasteiger partial charge >= 0.3 is 5.97 Å². The molecule has 0 aromatic heterocycles. The lowest BCUT2D eigenvalue weighted by Gasteiger charge is -2.06. The summed E-state index contributed by atoms with van der Waals surface area (Å²) in [7, 11) is 0. The minimum atomic E-state index is -1.04. The van der Waals surface area contributed by atoms with Crippen LogP contribution >= 0.6 is 11.8 Å². The SMILES string of the molecule is O=C1NC(=O)/C(=C\c2ccc(C(=O)Nc3ccc(C(=O)O)cc3)cc2)S1. The van der Waals surface area contributed by atoms with E-state index >= 15 is 0 Å². The molecule has 2 aromatic rings. The van der Waals surface area contributed by atoms with Gasteiger partial charge in [-0.05, 0) is 59.8 Å². The smallest absolute Gasteiger partial charge is 0.335 e. The molecule has 1 fully saturated rings. The van der Waals surface area contributed by atoms with Crippen LogP contribution < -0.4 is 10.6 Å². The van der Waals surface area contributed by atoms with E-state index in [1.54, 1.807) is 30.3 Å². The van der Waals surface area contributed by atoms with Crippen molar-refractivity contribution in [2.24, 2.45) is 0 Å². The van der Waals surface area contributed by atoms with E-state index in [1.165, 1.54) is 24.3 Å². The minimum Gasteiger partial charge on any atom is -0.478 e. The highest BCUT2D eigenvalue weighted by atomic mass is 32.2. The van der Waals surface area contributed by atoms with Crippen molar-refractivity contribution in [2.45, 2.75) is 0 Å². The fourth-order valence-corrected chi connectivity index (χ4v) is 2.88. The van der Waals surface area contributed by atoms with E-state index in [-0.39, 0.29) is 11.5 Å². The van der Waals surface area contributed by atoms with E-state index in [0.717, 1.165) is 11.8 Å².